The lowest BCUT2D eigenvalue weighted by Gasteiger charge is -2.34. The molecule has 1 N–H and O–H groups in total. The minimum absolute atomic E-state index is 0.115. The van der Waals surface area contributed by atoms with E-state index in [9.17, 15) is 14.4 Å². The monoisotopic (exact) mass is 261 g/mol. The molecule has 19 heavy (non-hydrogen) atoms. The Morgan fingerprint density at radius 3 is 3.11 bits per heavy atom. The summed E-state index contributed by atoms with van der Waals surface area (Å²) in [5, 5.41) is 12.0. The first-order valence-corrected chi connectivity index (χ1v) is 6.40. The van der Waals surface area contributed by atoms with Gasteiger partial charge in [-0.2, -0.15) is 9.65 Å². The van der Waals surface area contributed by atoms with E-state index in [1.165, 1.54) is 18.3 Å². The second-order valence-electron chi connectivity index (χ2n) is 5.19. The molecule has 4 nitrogen and oxygen atoms in total. The summed E-state index contributed by atoms with van der Waals surface area (Å²) < 4.78 is 13.4. The fourth-order valence-corrected chi connectivity index (χ4v) is 2.63. The highest BCUT2D eigenvalue weighted by molar-refractivity contribution is 5.94. The fourth-order valence-electron chi connectivity index (χ4n) is 2.63. The Morgan fingerprint density at radius 1 is 1.68 bits per heavy atom. The number of amides is 1. The summed E-state index contributed by atoms with van der Waals surface area (Å²) >= 11 is 0. The van der Waals surface area contributed by atoms with Gasteiger partial charge in [-0.1, -0.05) is 13.3 Å². The second-order valence-corrected chi connectivity index (χ2v) is 5.19. The molecule has 1 aromatic rings. The van der Waals surface area contributed by atoms with Crippen LogP contribution in [0.15, 0.2) is 18.3 Å². The molecule has 0 aromatic carbocycles. The van der Waals surface area contributed by atoms with Crippen LogP contribution in [0.4, 0.5) is 4.39 Å². The Labute approximate surface area is 111 Å². The van der Waals surface area contributed by atoms with Gasteiger partial charge < -0.3 is 5.32 Å². The van der Waals surface area contributed by atoms with Crippen LogP contribution in [-0.2, 0) is 0 Å². The summed E-state index contributed by atoms with van der Waals surface area (Å²) in [5.41, 5.74) is -0.993. The Bertz CT molecular complexity index is 526. The van der Waals surface area contributed by atoms with Crippen molar-refractivity contribution in [2.75, 3.05) is 0 Å². The topological polar surface area (TPSA) is 65.8 Å². The number of pyridine rings is 1. The number of nitrogens with zero attached hydrogens (tertiary/aromatic N) is 2. The van der Waals surface area contributed by atoms with Crippen molar-refractivity contribution >= 4 is 5.91 Å². The van der Waals surface area contributed by atoms with Gasteiger partial charge in [0.15, 0.2) is 0 Å². The molecule has 0 unspecified atom stereocenters. The van der Waals surface area contributed by atoms with E-state index >= 15 is 0 Å². The van der Waals surface area contributed by atoms with Gasteiger partial charge in [0.1, 0.15) is 5.54 Å². The molecule has 0 saturated heterocycles. The lowest BCUT2D eigenvalue weighted by Crippen LogP contribution is -2.50. The molecule has 1 aliphatic carbocycles. The molecule has 5 heteroatoms. The SMILES string of the molecule is C[C@@H]1CCC[C@](C#N)(NC(=O)c2cccnc2F)C1. The molecule has 0 radical (unpaired) electrons. The van der Waals surface area contributed by atoms with E-state index in [2.05, 4.69) is 23.3 Å². The third-order valence-electron chi connectivity index (χ3n) is 3.57. The van der Waals surface area contributed by atoms with E-state index in [0.29, 0.717) is 18.8 Å². The highest BCUT2D eigenvalue weighted by Crippen LogP contribution is 2.32. The summed E-state index contributed by atoms with van der Waals surface area (Å²) in [5.74, 6) is -0.995. The predicted molar refractivity (Wildman–Crippen MR) is 67.6 cm³/mol. The maximum absolute atomic E-state index is 13.4. The van der Waals surface area contributed by atoms with Crippen molar-refractivity contribution in [2.24, 2.45) is 5.92 Å². The molecule has 100 valence electrons. The van der Waals surface area contributed by atoms with Crippen LogP contribution in [0.2, 0.25) is 0 Å². The highest BCUT2D eigenvalue weighted by Gasteiger charge is 2.37. The van der Waals surface area contributed by atoms with Crippen molar-refractivity contribution in [1.29, 1.82) is 5.26 Å². The summed E-state index contributed by atoms with van der Waals surface area (Å²) in [6.45, 7) is 2.06. The predicted octanol–water partition coefficient (Wildman–Crippen LogP) is 2.42. The van der Waals surface area contributed by atoms with Crippen LogP contribution < -0.4 is 5.32 Å². The van der Waals surface area contributed by atoms with Gasteiger partial charge in [0.05, 0.1) is 11.6 Å². The van der Waals surface area contributed by atoms with Gasteiger partial charge >= 0.3 is 0 Å². The van der Waals surface area contributed by atoms with Gasteiger partial charge in [0.2, 0.25) is 5.95 Å². The van der Waals surface area contributed by atoms with Crippen LogP contribution in [0.1, 0.15) is 43.0 Å². The van der Waals surface area contributed by atoms with Crippen LogP contribution in [0, 0.1) is 23.2 Å². The van der Waals surface area contributed by atoms with Crippen LogP contribution in [0.5, 0.6) is 0 Å². The molecule has 2 atom stereocenters. The lowest BCUT2D eigenvalue weighted by atomic mass is 9.77. The van der Waals surface area contributed by atoms with Gasteiger partial charge in [-0.15, -0.1) is 0 Å². The maximum Gasteiger partial charge on any atom is 0.257 e. The maximum atomic E-state index is 13.4. The molecule has 1 aromatic heterocycles. The molecule has 0 aliphatic heterocycles. The number of halogens is 1. The summed E-state index contributed by atoms with van der Waals surface area (Å²) in [6.07, 6.45) is 4.46. The molecular weight excluding hydrogens is 245 g/mol. The van der Waals surface area contributed by atoms with Crippen molar-refractivity contribution in [3.8, 4) is 6.07 Å². The largest absolute Gasteiger partial charge is 0.334 e. The standard InChI is InChI=1S/C14H16FN3O/c1-10-4-2-6-14(8-10,9-16)18-13(19)11-5-3-7-17-12(11)15/h3,5,7,10H,2,4,6,8H2,1H3,(H,18,19)/t10-,14+/m1/s1. The summed E-state index contributed by atoms with van der Waals surface area (Å²) in [6, 6.07) is 5.06. The Hall–Kier alpha value is -1.96. The van der Waals surface area contributed by atoms with E-state index in [1.807, 2.05) is 0 Å². The summed E-state index contributed by atoms with van der Waals surface area (Å²) in [7, 11) is 0. The van der Waals surface area contributed by atoms with Crippen molar-refractivity contribution in [2.45, 2.75) is 38.1 Å². The van der Waals surface area contributed by atoms with Gasteiger partial charge in [-0.05, 0) is 37.3 Å². The number of nitriles is 1. The van der Waals surface area contributed by atoms with Gasteiger partial charge in [-0.3, -0.25) is 4.79 Å². The third-order valence-corrected chi connectivity index (χ3v) is 3.57. The molecule has 0 spiro atoms. The van der Waals surface area contributed by atoms with Crippen LogP contribution in [0.3, 0.4) is 0 Å². The summed E-state index contributed by atoms with van der Waals surface area (Å²) in [4.78, 5) is 15.5. The zero-order valence-electron chi connectivity index (χ0n) is 10.8. The minimum atomic E-state index is -0.878. The normalized spacial score (nSPS) is 26.5. The second kappa shape index (κ2) is 5.35. The van der Waals surface area contributed by atoms with Crippen molar-refractivity contribution in [3.63, 3.8) is 0 Å². The number of carbonyl (C=O) groups is 1. The number of aromatic nitrogens is 1. The number of hydrogen-bond donors (Lipinski definition) is 1. The molecule has 1 aliphatic rings. The minimum Gasteiger partial charge on any atom is -0.334 e. The van der Waals surface area contributed by atoms with E-state index < -0.39 is 17.4 Å². The van der Waals surface area contributed by atoms with Crippen molar-refractivity contribution in [1.82, 2.24) is 10.3 Å². The van der Waals surface area contributed by atoms with Gasteiger partial charge in [0.25, 0.3) is 5.91 Å². The quantitative estimate of drug-likeness (QED) is 0.831. The van der Waals surface area contributed by atoms with Crippen LogP contribution in [-0.4, -0.2) is 16.4 Å². The fraction of sp³-hybridized carbons (Fsp3) is 0.500. The lowest BCUT2D eigenvalue weighted by molar-refractivity contribution is 0.0885. The average Bonchev–Trinajstić information content (AvgIpc) is 2.39. The Balaban J connectivity index is 2.17. The Morgan fingerprint density at radius 2 is 2.47 bits per heavy atom. The first kappa shape index (κ1) is 13.5. The van der Waals surface area contributed by atoms with E-state index in [4.69, 9.17) is 0 Å². The molecule has 1 amide bonds. The molecule has 2 rings (SSSR count). The van der Waals surface area contributed by atoms with Crippen molar-refractivity contribution in [3.05, 3.63) is 29.8 Å². The van der Waals surface area contributed by atoms with E-state index in [-0.39, 0.29) is 5.56 Å². The van der Waals surface area contributed by atoms with Crippen LogP contribution in [0.25, 0.3) is 0 Å². The first-order chi connectivity index (χ1) is 9.06. The van der Waals surface area contributed by atoms with Crippen molar-refractivity contribution < 1.29 is 9.18 Å². The zero-order chi connectivity index (χ0) is 13.9. The van der Waals surface area contributed by atoms with E-state index in [1.54, 1.807) is 0 Å². The molecular formula is C14H16FN3O. The number of hydrogen-bond acceptors (Lipinski definition) is 3. The molecule has 0 bridgehead atoms. The zero-order valence-corrected chi connectivity index (χ0v) is 10.8. The number of carbonyl (C=O) groups excluding carboxylic acids is 1. The van der Waals surface area contributed by atoms with E-state index in [0.717, 1.165) is 12.8 Å². The highest BCUT2D eigenvalue weighted by atomic mass is 19.1. The number of rotatable bonds is 2. The van der Waals surface area contributed by atoms with Gasteiger partial charge in [0, 0.05) is 6.20 Å². The Kier molecular flexibility index (Phi) is 3.79. The smallest absolute Gasteiger partial charge is 0.257 e. The average molecular weight is 261 g/mol. The number of nitrogens with one attached hydrogen (secondary N) is 1. The first-order valence-electron chi connectivity index (χ1n) is 6.40. The third kappa shape index (κ3) is 2.90. The van der Waals surface area contributed by atoms with Crippen LogP contribution >= 0.6 is 0 Å². The molecule has 1 heterocycles. The van der Waals surface area contributed by atoms with Gasteiger partial charge in [-0.25, -0.2) is 4.98 Å². The molecule has 1 saturated carbocycles. The molecule has 1 fully saturated rings.